The van der Waals surface area contributed by atoms with Crippen LogP contribution in [0.5, 0.6) is 0 Å². The van der Waals surface area contributed by atoms with Crippen molar-refractivity contribution >= 4 is 23.9 Å². The molecule has 0 aliphatic heterocycles. The molecule has 0 aromatic heterocycles. The van der Waals surface area contributed by atoms with Crippen molar-refractivity contribution in [3.63, 3.8) is 0 Å². The average molecular weight is 603 g/mol. The number of hydrogen-bond acceptors (Lipinski definition) is 9. The smallest absolute Gasteiger partial charge is 0.407 e. The molecule has 42 heavy (non-hydrogen) atoms. The third kappa shape index (κ3) is 30.6. The van der Waals surface area contributed by atoms with Crippen LogP contribution in [0.15, 0.2) is 0 Å². The standard InChI is InChI=1S/C31H58N2O9/c1-31(2,3)42-30(37)33-20-23-40-25-24-39-22-19-32-27(34)18-16-14-12-10-8-6-5-7-9-11-13-15-17-21-41-29(36)26-28(35)38-4/h5-26H2,1-4H3,(H,32,34)(H,33,37). The Morgan fingerprint density at radius 1 is 0.571 bits per heavy atom. The predicted octanol–water partition coefficient (Wildman–Crippen LogP) is 5.23. The van der Waals surface area contributed by atoms with E-state index < -0.39 is 23.6 Å². The summed E-state index contributed by atoms with van der Waals surface area (Å²) < 4.78 is 25.4. The second-order valence-electron chi connectivity index (χ2n) is 11.3. The molecule has 2 N–H and O–H groups in total. The summed E-state index contributed by atoms with van der Waals surface area (Å²) in [5.41, 5.74) is -0.516. The lowest BCUT2D eigenvalue weighted by Gasteiger charge is -2.19. The number of alkyl carbamates (subject to hydrolysis) is 1. The zero-order valence-electron chi connectivity index (χ0n) is 26.7. The number of amides is 2. The van der Waals surface area contributed by atoms with Gasteiger partial charge < -0.3 is 34.3 Å². The summed E-state index contributed by atoms with van der Waals surface area (Å²) in [6.07, 6.45) is 14.7. The normalized spacial score (nSPS) is 11.1. The second kappa shape index (κ2) is 27.4. The Kier molecular flexibility index (Phi) is 25.9. The summed E-state index contributed by atoms with van der Waals surface area (Å²) in [5, 5.41) is 5.51. The lowest BCUT2D eigenvalue weighted by molar-refractivity contribution is -0.153. The summed E-state index contributed by atoms with van der Waals surface area (Å²) in [4.78, 5) is 45.7. The Morgan fingerprint density at radius 3 is 1.55 bits per heavy atom. The number of carbonyl (C=O) groups excluding carboxylic acids is 4. The van der Waals surface area contributed by atoms with Crippen LogP contribution in [0.1, 0.15) is 117 Å². The van der Waals surface area contributed by atoms with Gasteiger partial charge >= 0.3 is 18.0 Å². The Labute approximate surface area is 253 Å². The molecular weight excluding hydrogens is 544 g/mol. The Hall–Kier alpha value is -2.40. The van der Waals surface area contributed by atoms with Crippen LogP contribution >= 0.6 is 0 Å². The molecule has 0 radical (unpaired) electrons. The van der Waals surface area contributed by atoms with Crippen LogP contribution in [0, 0.1) is 0 Å². The molecule has 246 valence electrons. The van der Waals surface area contributed by atoms with Crippen molar-refractivity contribution < 1.29 is 42.9 Å². The topological polar surface area (TPSA) is 138 Å². The highest BCUT2D eigenvalue weighted by molar-refractivity contribution is 5.91. The number of nitrogens with one attached hydrogen (secondary N) is 2. The molecule has 0 spiro atoms. The van der Waals surface area contributed by atoms with Gasteiger partial charge in [0.2, 0.25) is 5.91 Å². The Morgan fingerprint density at radius 2 is 1.05 bits per heavy atom. The number of methoxy groups -OCH3 is 1. The molecule has 2 amide bonds. The third-order valence-electron chi connectivity index (χ3n) is 6.18. The van der Waals surface area contributed by atoms with Crippen LogP contribution in [0.25, 0.3) is 0 Å². The van der Waals surface area contributed by atoms with E-state index in [9.17, 15) is 19.2 Å². The monoisotopic (exact) mass is 602 g/mol. The van der Waals surface area contributed by atoms with Gasteiger partial charge in [0.25, 0.3) is 0 Å². The summed E-state index contributed by atoms with van der Waals surface area (Å²) in [5.74, 6) is -1.01. The van der Waals surface area contributed by atoms with E-state index in [4.69, 9.17) is 18.9 Å². The number of esters is 2. The average Bonchev–Trinajstić information content (AvgIpc) is 2.92. The molecule has 0 aliphatic carbocycles. The zero-order chi connectivity index (χ0) is 31.3. The summed E-state index contributed by atoms with van der Waals surface area (Å²) in [6.45, 7) is 8.36. The predicted molar refractivity (Wildman–Crippen MR) is 161 cm³/mol. The lowest BCUT2D eigenvalue weighted by Crippen LogP contribution is -2.34. The van der Waals surface area contributed by atoms with Gasteiger partial charge in [0.05, 0.1) is 40.1 Å². The molecule has 0 aromatic rings. The highest BCUT2D eigenvalue weighted by atomic mass is 16.6. The van der Waals surface area contributed by atoms with Gasteiger partial charge in [-0.15, -0.1) is 0 Å². The second-order valence-corrected chi connectivity index (χ2v) is 11.3. The van der Waals surface area contributed by atoms with Crippen molar-refractivity contribution in [1.82, 2.24) is 10.6 Å². The van der Waals surface area contributed by atoms with Crippen molar-refractivity contribution in [2.24, 2.45) is 0 Å². The molecular formula is C31H58N2O9. The molecule has 0 saturated carbocycles. The van der Waals surface area contributed by atoms with Crippen LogP contribution < -0.4 is 10.6 Å². The van der Waals surface area contributed by atoms with Gasteiger partial charge in [0, 0.05) is 19.5 Å². The number of unbranched alkanes of at least 4 members (excludes halogenated alkanes) is 12. The molecule has 0 heterocycles. The molecule has 0 rings (SSSR count). The van der Waals surface area contributed by atoms with Crippen LogP contribution in [0.4, 0.5) is 4.79 Å². The molecule has 0 bridgehead atoms. The molecule has 0 aromatic carbocycles. The van der Waals surface area contributed by atoms with Crippen LogP contribution in [-0.2, 0) is 38.1 Å². The fourth-order valence-corrected chi connectivity index (χ4v) is 3.97. The summed E-state index contributed by atoms with van der Waals surface area (Å²) in [7, 11) is 1.25. The Balaban J connectivity index is 3.28. The first kappa shape index (κ1) is 39.6. The van der Waals surface area contributed by atoms with Gasteiger partial charge in [-0.25, -0.2) is 4.79 Å². The lowest BCUT2D eigenvalue weighted by atomic mass is 10.0. The maximum absolute atomic E-state index is 11.9. The van der Waals surface area contributed by atoms with Gasteiger partial charge in [0.15, 0.2) is 0 Å². The first-order chi connectivity index (χ1) is 20.1. The maximum Gasteiger partial charge on any atom is 0.407 e. The molecule has 0 saturated heterocycles. The van der Waals surface area contributed by atoms with Crippen LogP contribution in [0.3, 0.4) is 0 Å². The maximum atomic E-state index is 11.9. The van der Waals surface area contributed by atoms with E-state index in [2.05, 4.69) is 15.4 Å². The van der Waals surface area contributed by atoms with E-state index in [1.807, 2.05) is 20.8 Å². The Bertz CT molecular complexity index is 711. The number of rotatable bonds is 27. The van der Waals surface area contributed by atoms with Crippen LogP contribution in [0.2, 0.25) is 0 Å². The van der Waals surface area contributed by atoms with E-state index in [1.54, 1.807) is 0 Å². The van der Waals surface area contributed by atoms with Crippen molar-refractivity contribution in [3.8, 4) is 0 Å². The molecule has 0 aliphatic rings. The van der Waals surface area contributed by atoms with E-state index in [0.29, 0.717) is 52.5 Å². The van der Waals surface area contributed by atoms with E-state index in [1.165, 1.54) is 58.5 Å². The molecule has 0 unspecified atom stereocenters. The summed E-state index contributed by atoms with van der Waals surface area (Å²) in [6, 6.07) is 0. The highest BCUT2D eigenvalue weighted by Crippen LogP contribution is 2.13. The number of hydrogen-bond donors (Lipinski definition) is 2. The molecule has 0 fully saturated rings. The van der Waals surface area contributed by atoms with E-state index in [-0.39, 0.29) is 12.3 Å². The zero-order valence-corrected chi connectivity index (χ0v) is 26.7. The van der Waals surface area contributed by atoms with Crippen molar-refractivity contribution in [1.29, 1.82) is 0 Å². The number of carbonyl (C=O) groups is 4. The third-order valence-corrected chi connectivity index (χ3v) is 6.18. The highest BCUT2D eigenvalue weighted by Gasteiger charge is 2.15. The van der Waals surface area contributed by atoms with Gasteiger partial charge in [-0.2, -0.15) is 0 Å². The van der Waals surface area contributed by atoms with E-state index >= 15 is 0 Å². The fourth-order valence-electron chi connectivity index (χ4n) is 3.97. The quantitative estimate of drug-likeness (QED) is 0.0560. The van der Waals surface area contributed by atoms with Gasteiger partial charge in [-0.05, 0) is 33.6 Å². The summed E-state index contributed by atoms with van der Waals surface area (Å²) >= 11 is 0. The van der Waals surface area contributed by atoms with Crippen molar-refractivity contribution in [2.75, 3.05) is 53.2 Å². The minimum atomic E-state index is -0.566. The minimum absolute atomic E-state index is 0.0719. The van der Waals surface area contributed by atoms with Crippen molar-refractivity contribution in [2.45, 2.75) is 123 Å². The molecule has 11 nitrogen and oxygen atoms in total. The molecule has 0 atom stereocenters. The van der Waals surface area contributed by atoms with Gasteiger partial charge in [0.1, 0.15) is 12.0 Å². The first-order valence-electron chi connectivity index (χ1n) is 15.8. The van der Waals surface area contributed by atoms with Crippen LogP contribution in [-0.4, -0.2) is 82.8 Å². The molecule has 11 heteroatoms. The van der Waals surface area contributed by atoms with Crippen molar-refractivity contribution in [3.05, 3.63) is 0 Å². The fraction of sp³-hybridized carbons (Fsp3) is 0.871. The van der Waals surface area contributed by atoms with E-state index in [0.717, 1.165) is 32.1 Å². The van der Waals surface area contributed by atoms with Gasteiger partial charge in [-0.3, -0.25) is 14.4 Å². The van der Waals surface area contributed by atoms with Gasteiger partial charge in [-0.1, -0.05) is 70.6 Å². The first-order valence-corrected chi connectivity index (χ1v) is 15.8. The SMILES string of the molecule is COC(=O)CC(=O)OCCCCCCCCCCCCCCCC(=O)NCCOCCOCCNC(=O)OC(C)(C)C. The minimum Gasteiger partial charge on any atom is -0.469 e. The number of ether oxygens (including phenoxy) is 5. The largest absolute Gasteiger partial charge is 0.469 e.